The minimum absolute atomic E-state index is 0.0141. The van der Waals surface area contributed by atoms with Gasteiger partial charge in [-0.05, 0) is 30.6 Å². The van der Waals surface area contributed by atoms with E-state index in [1.54, 1.807) is 45.6 Å². The standard InChI is InChI=1S/C35H64N8O6/c1-12-23(6)31(41(8)35(47)29(21(2)3)40-34(46)30(22(4)5)42(9)36)26(48-10)20-28(44)43-19-13-14-25(43)32(49-11)24(7)33(45)39-16-15-27-37-17-18-38-27/h17-18,21-26,29-32H,12-16,19-20,36H2,1-11H3,(H,37,38)(H,39,45)(H,40,46)/t23-,24+,25-,26+,29-,30-,31-,32+/m0/s1. The van der Waals surface area contributed by atoms with Crippen LogP contribution in [0.15, 0.2) is 12.4 Å². The van der Waals surface area contributed by atoms with Crippen molar-refractivity contribution in [1.29, 1.82) is 0 Å². The number of hydrogen-bond acceptors (Lipinski definition) is 9. The number of imidazole rings is 1. The van der Waals surface area contributed by atoms with Crippen LogP contribution in [0.2, 0.25) is 0 Å². The van der Waals surface area contributed by atoms with Crippen molar-refractivity contribution >= 4 is 23.6 Å². The molecule has 14 heteroatoms. The molecule has 0 bridgehead atoms. The van der Waals surface area contributed by atoms with E-state index in [2.05, 4.69) is 20.6 Å². The number of hydrogen-bond donors (Lipinski definition) is 4. The molecule has 14 nitrogen and oxygen atoms in total. The maximum absolute atomic E-state index is 14.1. The Labute approximate surface area is 293 Å². The number of ether oxygens (including phenoxy) is 2. The van der Waals surface area contributed by atoms with Gasteiger partial charge in [0.2, 0.25) is 23.6 Å². The highest BCUT2D eigenvalue weighted by atomic mass is 16.5. The van der Waals surface area contributed by atoms with E-state index in [0.29, 0.717) is 25.9 Å². The number of nitrogens with zero attached hydrogens (tertiary/aromatic N) is 4. The zero-order valence-electron chi connectivity index (χ0n) is 31.7. The summed E-state index contributed by atoms with van der Waals surface area (Å²) in [6.07, 6.45) is 5.19. The summed E-state index contributed by atoms with van der Waals surface area (Å²) < 4.78 is 11.9. The lowest BCUT2D eigenvalue weighted by Gasteiger charge is -2.41. The molecule has 1 aliphatic rings. The molecule has 2 rings (SSSR count). The lowest BCUT2D eigenvalue weighted by molar-refractivity contribution is -0.148. The third kappa shape index (κ3) is 11.2. The Bertz CT molecular complexity index is 1170. The molecule has 1 aromatic rings. The number of carbonyl (C=O) groups excluding carboxylic acids is 4. The van der Waals surface area contributed by atoms with Gasteiger partial charge in [-0.3, -0.25) is 25.0 Å². The van der Waals surface area contributed by atoms with Crippen LogP contribution in [-0.2, 0) is 35.1 Å². The average molecular weight is 693 g/mol. The van der Waals surface area contributed by atoms with E-state index in [0.717, 1.165) is 18.7 Å². The highest BCUT2D eigenvalue weighted by molar-refractivity contribution is 5.90. The number of H-pyrrole nitrogens is 1. The minimum Gasteiger partial charge on any atom is -0.379 e. The predicted molar refractivity (Wildman–Crippen MR) is 189 cm³/mol. The first-order chi connectivity index (χ1) is 23.1. The van der Waals surface area contributed by atoms with E-state index in [1.165, 1.54) is 5.01 Å². The summed E-state index contributed by atoms with van der Waals surface area (Å²) in [6.45, 7) is 14.5. The lowest BCUT2D eigenvalue weighted by atomic mass is 9.89. The van der Waals surface area contributed by atoms with Crippen molar-refractivity contribution in [3.05, 3.63) is 18.2 Å². The number of methoxy groups -OCH3 is 2. The highest BCUT2D eigenvalue weighted by Gasteiger charge is 2.43. The number of aromatic nitrogens is 2. The number of aromatic amines is 1. The van der Waals surface area contributed by atoms with Crippen molar-refractivity contribution in [1.82, 2.24) is 35.4 Å². The Morgan fingerprint density at radius 3 is 2.24 bits per heavy atom. The molecule has 4 amide bonds. The Hall–Kier alpha value is -3.07. The first kappa shape index (κ1) is 42.1. The van der Waals surface area contributed by atoms with Crippen LogP contribution in [0.1, 0.15) is 80.0 Å². The molecule has 0 radical (unpaired) electrons. The van der Waals surface area contributed by atoms with Gasteiger partial charge in [-0.25, -0.2) is 9.99 Å². The smallest absolute Gasteiger partial charge is 0.245 e. The summed E-state index contributed by atoms with van der Waals surface area (Å²) in [6, 6.07) is -2.12. The van der Waals surface area contributed by atoms with Gasteiger partial charge < -0.3 is 34.9 Å². The van der Waals surface area contributed by atoms with Crippen molar-refractivity contribution in [2.45, 2.75) is 117 Å². The largest absolute Gasteiger partial charge is 0.379 e. The SMILES string of the molecule is CC[C@H](C)[C@@H]([C@@H](CC(=O)N1CCC[C@H]1[C@H](OC)[C@@H](C)C(=O)NCCc1ncc[nH]1)OC)N(C)C(=O)[C@@H](NC(=O)[C@H](C(C)C)N(C)N)C(C)C. The number of carbonyl (C=O) groups is 4. The van der Waals surface area contributed by atoms with Gasteiger partial charge in [0.05, 0.1) is 36.6 Å². The van der Waals surface area contributed by atoms with E-state index < -0.39 is 36.3 Å². The fourth-order valence-corrected chi connectivity index (χ4v) is 7.14. The second kappa shape index (κ2) is 19.9. The minimum atomic E-state index is -0.796. The monoisotopic (exact) mass is 692 g/mol. The van der Waals surface area contributed by atoms with Crippen LogP contribution in [-0.4, -0.2) is 126 Å². The Morgan fingerprint density at radius 1 is 1.06 bits per heavy atom. The van der Waals surface area contributed by atoms with E-state index in [-0.39, 0.29) is 53.8 Å². The molecule has 0 aromatic carbocycles. The van der Waals surface area contributed by atoms with Crippen LogP contribution in [0.3, 0.4) is 0 Å². The van der Waals surface area contributed by atoms with Gasteiger partial charge in [-0.15, -0.1) is 0 Å². The van der Waals surface area contributed by atoms with E-state index in [9.17, 15) is 19.2 Å². The van der Waals surface area contributed by atoms with E-state index in [4.69, 9.17) is 15.3 Å². The Kier molecular flexibility index (Phi) is 17.1. The maximum atomic E-state index is 14.1. The predicted octanol–water partition coefficient (Wildman–Crippen LogP) is 1.96. The summed E-state index contributed by atoms with van der Waals surface area (Å²) in [5.41, 5.74) is 0. The number of hydrazine groups is 1. The second-order valence-electron chi connectivity index (χ2n) is 14.3. The van der Waals surface area contributed by atoms with Crippen LogP contribution in [0.25, 0.3) is 0 Å². The van der Waals surface area contributed by atoms with Gasteiger partial charge in [0.15, 0.2) is 0 Å². The molecule has 5 N–H and O–H groups in total. The summed E-state index contributed by atoms with van der Waals surface area (Å²) in [5, 5.41) is 7.30. The average Bonchev–Trinajstić information content (AvgIpc) is 3.75. The number of nitrogens with two attached hydrogens (primary N) is 1. The van der Waals surface area contributed by atoms with Gasteiger partial charge in [-0.2, -0.15) is 0 Å². The van der Waals surface area contributed by atoms with Crippen molar-refractivity contribution < 1.29 is 28.7 Å². The number of amides is 4. The molecular formula is C35H64N8O6. The van der Waals surface area contributed by atoms with Crippen molar-refractivity contribution in [2.75, 3.05) is 41.4 Å². The topological polar surface area (TPSA) is 175 Å². The quantitative estimate of drug-likeness (QED) is 0.118. The summed E-state index contributed by atoms with van der Waals surface area (Å²) in [4.78, 5) is 65.3. The molecule has 0 spiro atoms. The van der Waals surface area contributed by atoms with E-state index >= 15 is 0 Å². The summed E-state index contributed by atoms with van der Waals surface area (Å²) in [5.74, 6) is 5.18. The molecule has 1 saturated heterocycles. The summed E-state index contributed by atoms with van der Waals surface area (Å²) >= 11 is 0. The van der Waals surface area contributed by atoms with E-state index in [1.807, 2.05) is 53.4 Å². The number of rotatable bonds is 20. The molecule has 49 heavy (non-hydrogen) atoms. The van der Waals surface area contributed by atoms with Crippen LogP contribution in [0.5, 0.6) is 0 Å². The molecule has 8 atom stereocenters. The van der Waals surface area contributed by atoms with Gasteiger partial charge in [0.25, 0.3) is 0 Å². The fraction of sp³-hybridized carbons (Fsp3) is 0.800. The highest BCUT2D eigenvalue weighted by Crippen LogP contribution is 2.29. The molecule has 1 fully saturated rings. The van der Waals surface area contributed by atoms with Crippen LogP contribution >= 0.6 is 0 Å². The number of likely N-dealkylation sites (N-methyl/N-ethyl adjacent to an activating group) is 2. The lowest BCUT2D eigenvalue weighted by Crippen LogP contribution is -2.60. The molecule has 0 aliphatic carbocycles. The summed E-state index contributed by atoms with van der Waals surface area (Å²) in [7, 11) is 6.50. The first-order valence-electron chi connectivity index (χ1n) is 17.8. The molecular weight excluding hydrogens is 628 g/mol. The number of nitrogens with one attached hydrogen (secondary N) is 3. The molecule has 2 heterocycles. The molecule has 1 aromatic heterocycles. The van der Waals surface area contributed by atoms with Crippen LogP contribution < -0.4 is 16.5 Å². The van der Waals surface area contributed by atoms with Crippen LogP contribution in [0.4, 0.5) is 0 Å². The van der Waals surface area contributed by atoms with Crippen molar-refractivity contribution in [3.63, 3.8) is 0 Å². The van der Waals surface area contributed by atoms with Crippen LogP contribution in [0, 0.1) is 23.7 Å². The van der Waals surface area contributed by atoms with Gasteiger partial charge >= 0.3 is 0 Å². The van der Waals surface area contributed by atoms with Gasteiger partial charge in [0, 0.05) is 60.2 Å². The second-order valence-corrected chi connectivity index (χ2v) is 14.3. The maximum Gasteiger partial charge on any atom is 0.245 e. The Balaban J connectivity index is 2.22. The van der Waals surface area contributed by atoms with Gasteiger partial charge in [0.1, 0.15) is 17.9 Å². The zero-order valence-corrected chi connectivity index (χ0v) is 31.7. The van der Waals surface area contributed by atoms with Gasteiger partial charge in [-0.1, -0.05) is 54.9 Å². The third-order valence-electron chi connectivity index (χ3n) is 10.0. The van der Waals surface area contributed by atoms with Crippen molar-refractivity contribution in [2.24, 2.45) is 29.5 Å². The zero-order chi connectivity index (χ0) is 37.0. The fourth-order valence-electron chi connectivity index (χ4n) is 7.14. The molecule has 0 saturated carbocycles. The molecule has 280 valence electrons. The Morgan fingerprint density at radius 2 is 1.73 bits per heavy atom. The van der Waals surface area contributed by atoms with Crippen molar-refractivity contribution in [3.8, 4) is 0 Å². The molecule has 1 aliphatic heterocycles. The molecule has 0 unspecified atom stereocenters. The number of likely N-dealkylation sites (tertiary alicyclic amines) is 1. The first-order valence-corrected chi connectivity index (χ1v) is 17.8. The normalized spacial score (nSPS) is 19.3. The third-order valence-corrected chi connectivity index (χ3v) is 10.0.